The van der Waals surface area contributed by atoms with Crippen molar-refractivity contribution in [2.24, 2.45) is 5.92 Å². The van der Waals surface area contributed by atoms with E-state index in [2.05, 4.69) is 10.2 Å². The van der Waals surface area contributed by atoms with Gasteiger partial charge >= 0.3 is 0 Å². The average Bonchev–Trinajstić information content (AvgIpc) is 2.29. The second-order valence-corrected chi connectivity index (χ2v) is 5.32. The lowest BCUT2D eigenvalue weighted by molar-refractivity contribution is -0.125. The van der Waals surface area contributed by atoms with E-state index < -0.39 is 0 Å². The van der Waals surface area contributed by atoms with Crippen molar-refractivity contribution >= 4 is 5.91 Å². The van der Waals surface area contributed by atoms with E-state index in [0.29, 0.717) is 0 Å². The Morgan fingerprint density at radius 3 is 2.82 bits per heavy atom. The van der Waals surface area contributed by atoms with Crippen LogP contribution in [0.3, 0.4) is 0 Å². The number of amides is 1. The van der Waals surface area contributed by atoms with Gasteiger partial charge in [-0.25, -0.2) is 0 Å². The number of carbonyl (C=O) groups is 1. The van der Waals surface area contributed by atoms with Crippen LogP contribution in [0.1, 0.15) is 40.0 Å². The highest BCUT2D eigenvalue weighted by Crippen LogP contribution is 2.11. The van der Waals surface area contributed by atoms with Crippen LogP contribution in [0.25, 0.3) is 0 Å². The van der Waals surface area contributed by atoms with Gasteiger partial charge in [0, 0.05) is 25.0 Å². The molecule has 100 valence electrons. The van der Waals surface area contributed by atoms with E-state index in [4.69, 9.17) is 0 Å². The van der Waals surface area contributed by atoms with Crippen molar-refractivity contribution < 1.29 is 9.90 Å². The molecule has 0 aliphatic carbocycles. The highest BCUT2D eigenvalue weighted by molar-refractivity contribution is 5.78. The number of likely N-dealkylation sites (tertiary alicyclic amines) is 1. The van der Waals surface area contributed by atoms with E-state index in [9.17, 15) is 9.90 Å². The maximum absolute atomic E-state index is 11.6. The number of nitrogens with zero attached hydrogens (tertiary/aromatic N) is 1. The van der Waals surface area contributed by atoms with Crippen molar-refractivity contribution in [2.45, 2.75) is 52.2 Å². The lowest BCUT2D eigenvalue weighted by Gasteiger charge is -2.34. The average molecular weight is 242 g/mol. The number of aliphatic hydroxyl groups excluding tert-OH is 1. The van der Waals surface area contributed by atoms with Gasteiger partial charge < -0.3 is 10.4 Å². The summed E-state index contributed by atoms with van der Waals surface area (Å²) < 4.78 is 0. The van der Waals surface area contributed by atoms with Crippen molar-refractivity contribution in [3.63, 3.8) is 0 Å². The molecular formula is C13H26N2O2. The molecule has 1 saturated heterocycles. The lowest BCUT2D eigenvalue weighted by Crippen LogP contribution is -2.50. The molecular weight excluding hydrogens is 216 g/mol. The van der Waals surface area contributed by atoms with Crippen molar-refractivity contribution in [2.75, 3.05) is 19.6 Å². The Balaban J connectivity index is 2.36. The molecule has 1 fully saturated rings. The third kappa shape index (κ3) is 5.04. The van der Waals surface area contributed by atoms with Crippen LogP contribution in [-0.2, 0) is 4.79 Å². The summed E-state index contributed by atoms with van der Waals surface area (Å²) in [6, 6.07) is 0.253. The number of β-amino-alcohol motifs (C(OH)–C–C–N with tert-alkyl or cyclic N) is 1. The predicted octanol–water partition coefficient (Wildman–Crippen LogP) is 0.994. The van der Waals surface area contributed by atoms with Crippen LogP contribution in [0.15, 0.2) is 0 Å². The standard InChI is InChI=1S/C13H26N2O2/c1-4-12(16)9-15-7-5-6-11(8-15)14-13(17)10(2)3/h10-12,16H,4-9H2,1-3H3,(H,14,17)/t11-,12-/m0/s1. The molecule has 4 nitrogen and oxygen atoms in total. The number of piperidine rings is 1. The molecule has 1 aliphatic heterocycles. The van der Waals surface area contributed by atoms with Crippen molar-refractivity contribution in [1.29, 1.82) is 0 Å². The molecule has 0 radical (unpaired) electrons. The van der Waals surface area contributed by atoms with Gasteiger partial charge in [-0.05, 0) is 25.8 Å². The molecule has 1 aliphatic rings. The monoisotopic (exact) mass is 242 g/mol. The van der Waals surface area contributed by atoms with Gasteiger partial charge in [-0.1, -0.05) is 20.8 Å². The zero-order valence-electron chi connectivity index (χ0n) is 11.3. The Kier molecular flexibility index (Phi) is 5.92. The molecule has 17 heavy (non-hydrogen) atoms. The van der Waals surface area contributed by atoms with E-state index in [1.165, 1.54) is 0 Å². The summed E-state index contributed by atoms with van der Waals surface area (Å²) in [4.78, 5) is 13.9. The van der Waals surface area contributed by atoms with E-state index >= 15 is 0 Å². The molecule has 1 heterocycles. The Labute approximate surface area is 104 Å². The Morgan fingerprint density at radius 1 is 1.53 bits per heavy atom. The molecule has 0 spiro atoms. The summed E-state index contributed by atoms with van der Waals surface area (Å²) in [7, 11) is 0. The summed E-state index contributed by atoms with van der Waals surface area (Å²) in [5.41, 5.74) is 0. The molecule has 4 heteroatoms. The third-order valence-electron chi connectivity index (χ3n) is 3.32. The number of hydrogen-bond donors (Lipinski definition) is 2. The minimum absolute atomic E-state index is 0.0478. The predicted molar refractivity (Wildman–Crippen MR) is 68.7 cm³/mol. The molecule has 1 rings (SSSR count). The maximum atomic E-state index is 11.6. The van der Waals surface area contributed by atoms with Crippen LogP contribution >= 0.6 is 0 Å². The Bertz CT molecular complexity index is 244. The van der Waals surface area contributed by atoms with E-state index in [1.807, 2.05) is 20.8 Å². The van der Waals surface area contributed by atoms with Crippen LogP contribution in [0.5, 0.6) is 0 Å². The van der Waals surface area contributed by atoms with E-state index in [-0.39, 0.29) is 24.0 Å². The van der Waals surface area contributed by atoms with Gasteiger partial charge in [-0.15, -0.1) is 0 Å². The topological polar surface area (TPSA) is 52.6 Å². The molecule has 0 aromatic heterocycles. The third-order valence-corrected chi connectivity index (χ3v) is 3.32. The van der Waals surface area contributed by atoms with Gasteiger partial charge in [0.05, 0.1) is 6.10 Å². The van der Waals surface area contributed by atoms with Crippen LogP contribution in [0.4, 0.5) is 0 Å². The van der Waals surface area contributed by atoms with E-state index in [0.717, 1.165) is 38.9 Å². The minimum atomic E-state index is -0.241. The molecule has 2 N–H and O–H groups in total. The highest BCUT2D eigenvalue weighted by atomic mass is 16.3. The number of rotatable bonds is 5. The number of nitrogens with one attached hydrogen (secondary N) is 1. The first-order chi connectivity index (χ1) is 8.02. The summed E-state index contributed by atoms with van der Waals surface area (Å²) in [6.07, 6.45) is 2.70. The quantitative estimate of drug-likeness (QED) is 0.756. The van der Waals surface area contributed by atoms with Gasteiger partial charge in [0.2, 0.25) is 5.91 Å². The largest absolute Gasteiger partial charge is 0.392 e. The first kappa shape index (κ1) is 14.5. The smallest absolute Gasteiger partial charge is 0.222 e. The molecule has 0 aromatic rings. The van der Waals surface area contributed by atoms with E-state index in [1.54, 1.807) is 0 Å². The van der Waals surface area contributed by atoms with Crippen LogP contribution in [-0.4, -0.2) is 47.7 Å². The summed E-state index contributed by atoms with van der Waals surface area (Å²) in [5, 5.41) is 12.7. The fourth-order valence-electron chi connectivity index (χ4n) is 2.13. The Morgan fingerprint density at radius 2 is 2.24 bits per heavy atom. The van der Waals surface area contributed by atoms with Crippen molar-refractivity contribution in [3.05, 3.63) is 0 Å². The zero-order chi connectivity index (χ0) is 12.8. The normalized spacial score (nSPS) is 23.7. The number of carbonyl (C=O) groups excluding carboxylic acids is 1. The first-order valence-electron chi connectivity index (χ1n) is 6.73. The molecule has 0 saturated carbocycles. The van der Waals surface area contributed by atoms with Gasteiger partial charge in [-0.2, -0.15) is 0 Å². The van der Waals surface area contributed by atoms with Gasteiger partial charge in [0.15, 0.2) is 0 Å². The number of aliphatic hydroxyl groups is 1. The molecule has 0 unspecified atom stereocenters. The van der Waals surface area contributed by atoms with Crippen molar-refractivity contribution in [1.82, 2.24) is 10.2 Å². The van der Waals surface area contributed by atoms with Crippen LogP contribution < -0.4 is 5.32 Å². The van der Waals surface area contributed by atoms with Crippen LogP contribution in [0.2, 0.25) is 0 Å². The van der Waals surface area contributed by atoms with Crippen LogP contribution in [0, 0.1) is 5.92 Å². The van der Waals surface area contributed by atoms with Crippen molar-refractivity contribution in [3.8, 4) is 0 Å². The molecule has 1 amide bonds. The summed E-state index contributed by atoms with van der Waals surface area (Å²) in [6.45, 7) is 8.45. The minimum Gasteiger partial charge on any atom is -0.392 e. The fourth-order valence-corrected chi connectivity index (χ4v) is 2.13. The highest BCUT2D eigenvalue weighted by Gasteiger charge is 2.23. The van der Waals surface area contributed by atoms with Gasteiger partial charge in [0.25, 0.3) is 0 Å². The molecule has 0 bridgehead atoms. The van der Waals surface area contributed by atoms with Gasteiger partial charge in [-0.3, -0.25) is 9.69 Å². The summed E-state index contributed by atoms with van der Waals surface area (Å²) in [5.74, 6) is 0.180. The second kappa shape index (κ2) is 6.97. The number of hydrogen-bond acceptors (Lipinski definition) is 3. The lowest BCUT2D eigenvalue weighted by atomic mass is 10.0. The molecule has 2 atom stereocenters. The van der Waals surface area contributed by atoms with Gasteiger partial charge in [0.1, 0.15) is 0 Å². The Hall–Kier alpha value is -0.610. The zero-order valence-corrected chi connectivity index (χ0v) is 11.3. The second-order valence-electron chi connectivity index (χ2n) is 5.32. The first-order valence-corrected chi connectivity index (χ1v) is 6.73. The maximum Gasteiger partial charge on any atom is 0.222 e. The summed E-state index contributed by atoms with van der Waals surface area (Å²) >= 11 is 0. The molecule has 0 aromatic carbocycles. The SMILES string of the molecule is CC[C@H](O)CN1CCC[C@H](NC(=O)C(C)C)C1. The fraction of sp³-hybridized carbons (Fsp3) is 0.923.